The van der Waals surface area contributed by atoms with Gasteiger partial charge in [-0.2, -0.15) is 5.10 Å². The smallest absolute Gasteiger partial charge is 0.195 e. The van der Waals surface area contributed by atoms with Crippen LogP contribution in [0.4, 0.5) is 0 Å². The van der Waals surface area contributed by atoms with Crippen LogP contribution < -0.4 is 0 Å². The number of nitrogens with zero attached hydrogens (tertiary/aromatic N) is 3. The van der Waals surface area contributed by atoms with Crippen LogP contribution in [0.2, 0.25) is 0 Å². The van der Waals surface area contributed by atoms with Gasteiger partial charge in [-0.1, -0.05) is 6.92 Å². The average Bonchev–Trinajstić information content (AvgIpc) is 2.94. The second-order valence-electron chi connectivity index (χ2n) is 3.87. The second-order valence-corrected chi connectivity index (χ2v) is 5.37. The Bertz CT molecular complexity index is 557. The molecule has 0 unspecified atom stereocenters. The molecular weight excluding hydrogens is 268 g/mol. The summed E-state index contributed by atoms with van der Waals surface area (Å²) < 4.78 is 7.65. The zero-order valence-corrected chi connectivity index (χ0v) is 12.1. The number of hydrogen-bond donors (Lipinski definition) is 1. The van der Waals surface area contributed by atoms with Crippen LogP contribution >= 0.6 is 23.6 Å². The van der Waals surface area contributed by atoms with Crippen molar-refractivity contribution in [2.45, 2.75) is 26.3 Å². The Kier molecular flexibility index (Phi) is 4.62. The minimum absolute atomic E-state index is 0.613. The van der Waals surface area contributed by atoms with Gasteiger partial charge in [0.25, 0.3) is 0 Å². The molecule has 0 aliphatic rings. The van der Waals surface area contributed by atoms with Crippen molar-refractivity contribution in [3.05, 3.63) is 16.0 Å². The van der Waals surface area contributed by atoms with E-state index in [2.05, 4.69) is 22.1 Å². The third kappa shape index (κ3) is 2.85. The fraction of sp³-hybridized carbons (Fsp3) is 0.545. The standard InChI is InChI=1S/C11H16N4OS2/c1-3-4-9-12-7-8(18-9)10-13-14-11(17)15(10)5-6-16-2/h7H,3-6H2,1-2H3,(H,14,17). The molecule has 2 heterocycles. The normalized spacial score (nSPS) is 11.0. The first-order chi connectivity index (χ1) is 8.76. The molecule has 0 aliphatic heterocycles. The summed E-state index contributed by atoms with van der Waals surface area (Å²) in [5, 5.41) is 8.24. The van der Waals surface area contributed by atoms with Crippen LogP contribution in [0.5, 0.6) is 0 Å². The van der Waals surface area contributed by atoms with Gasteiger partial charge in [-0.05, 0) is 25.1 Å². The van der Waals surface area contributed by atoms with E-state index in [1.165, 1.54) is 0 Å². The number of hydrogen-bond acceptors (Lipinski definition) is 5. The number of aromatic amines is 1. The van der Waals surface area contributed by atoms with Crippen molar-refractivity contribution < 1.29 is 4.74 Å². The van der Waals surface area contributed by atoms with Crippen LogP contribution in [0.1, 0.15) is 18.4 Å². The Hall–Kier alpha value is -1.05. The molecule has 0 spiro atoms. The number of thiazole rings is 1. The van der Waals surface area contributed by atoms with Crippen LogP contribution in [-0.4, -0.2) is 33.5 Å². The summed E-state index contributed by atoms with van der Waals surface area (Å²) in [7, 11) is 1.68. The van der Waals surface area contributed by atoms with Crippen molar-refractivity contribution in [2.24, 2.45) is 0 Å². The minimum Gasteiger partial charge on any atom is -0.383 e. The fourth-order valence-electron chi connectivity index (χ4n) is 1.64. The van der Waals surface area contributed by atoms with E-state index in [1.807, 2.05) is 10.8 Å². The number of aromatic nitrogens is 4. The molecule has 0 fully saturated rings. The van der Waals surface area contributed by atoms with E-state index in [9.17, 15) is 0 Å². The van der Waals surface area contributed by atoms with Gasteiger partial charge >= 0.3 is 0 Å². The highest BCUT2D eigenvalue weighted by atomic mass is 32.1. The SMILES string of the molecule is CCCc1ncc(-c2n[nH]c(=S)n2CCOC)s1. The number of ether oxygens (including phenoxy) is 1. The van der Waals surface area contributed by atoms with E-state index >= 15 is 0 Å². The van der Waals surface area contributed by atoms with Crippen molar-refractivity contribution in [3.8, 4) is 10.7 Å². The predicted molar refractivity (Wildman–Crippen MR) is 74.4 cm³/mol. The average molecular weight is 284 g/mol. The third-order valence-electron chi connectivity index (χ3n) is 2.52. The highest BCUT2D eigenvalue weighted by molar-refractivity contribution is 7.71. The molecule has 98 valence electrons. The first kappa shape index (κ1) is 13.4. The van der Waals surface area contributed by atoms with E-state index in [0.29, 0.717) is 17.9 Å². The maximum Gasteiger partial charge on any atom is 0.195 e. The molecule has 2 aromatic rings. The lowest BCUT2D eigenvalue weighted by molar-refractivity contribution is 0.187. The third-order valence-corrected chi connectivity index (χ3v) is 3.88. The molecule has 0 bridgehead atoms. The van der Waals surface area contributed by atoms with Gasteiger partial charge in [-0.3, -0.25) is 9.67 Å². The molecule has 5 nitrogen and oxygen atoms in total. The van der Waals surface area contributed by atoms with Gasteiger partial charge in [0.05, 0.1) is 23.0 Å². The number of H-pyrrole nitrogens is 1. The van der Waals surface area contributed by atoms with Gasteiger partial charge in [0, 0.05) is 13.3 Å². The molecule has 0 atom stereocenters. The first-order valence-corrected chi connectivity index (χ1v) is 7.08. The van der Waals surface area contributed by atoms with Crippen molar-refractivity contribution in [1.82, 2.24) is 19.7 Å². The predicted octanol–water partition coefficient (Wildman–Crippen LogP) is 2.66. The summed E-state index contributed by atoms with van der Waals surface area (Å²) in [6.07, 6.45) is 3.97. The van der Waals surface area contributed by atoms with Crippen LogP contribution in [0.15, 0.2) is 6.20 Å². The van der Waals surface area contributed by atoms with Gasteiger partial charge < -0.3 is 4.74 Å². The zero-order valence-electron chi connectivity index (χ0n) is 10.5. The second kappa shape index (κ2) is 6.21. The highest BCUT2D eigenvalue weighted by Gasteiger charge is 2.12. The monoisotopic (exact) mass is 284 g/mol. The summed E-state index contributed by atoms with van der Waals surface area (Å²) in [6.45, 7) is 3.46. The summed E-state index contributed by atoms with van der Waals surface area (Å²) in [5.41, 5.74) is 0. The largest absolute Gasteiger partial charge is 0.383 e. The molecule has 0 saturated heterocycles. The molecule has 0 aliphatic carbocycles. The molecule has 1 N–H and O–H groups in total. The Labute approximate surface area is 115 Å². The summed E-state index contributed by atoms with van der Waals surface area (Å²) in [5.74, 6) is 0.844. The number of rotatable bonds is 6. The van der Waals surface area contributed by atoms with Crippen LogP contribution in [0.3, 0.4) is 0 Å². The van der Waals surface area contributed by atoms with Crippen LogP contribution in [-0.2, 0) is 17.7 Å². The molecular formula is C11H16N4OS2. The number of methoxy groups -OCH3 is 1. The van der Waals surface area contributed by atoms with Crippen LogP contribution in [0, 0.1) is 4.77 Å². The topological polar surface area (TPSA) is 55.7 Å². The molecule has 7 heteroatoms. The minimum atomic E-state index is 0.613. The van der Waals surface area contributed by atoms with Crippen LogP contribution in [0.25, 0.3) is 10.7 Å². The van der Waals surface area contributed by atoms with Gasteiger partial charge in [0.1, 0.15) is 0 Å². The summed E-state index contributed by atoms with van der Waals surface area (Å²) in [6, 6.07) is 0. The van der Waals surface area contributed by atoms with Crippen molar-refractivity contribution in [2.75, 3.05) is 13.7 Å². The quantitative estimate of drug-likeness (QED) is 0.829. The Morgan fingerprint density at radius 3 is 3.11 bits per heavy atom. The van der Waals surface area contributed by atoms with Crippen molar-refractivity contribution in [3.63, 3.8) is 0 Å². The fourth-order valence-corrected chi connectivity index (χ4v) is 2.88. The number of aryl methyl sites for hydroxylation is 1. The number of nitrogens with one attached hydrogen (secondary N) is 1. The Balaban J connectivity index is 2.28. The Morgan fingerprint density at radius 2 is 2.39 bits per heavy atom. The van der Waals surface area contributed by atoms with E-state index in [0.717, 1.165) is 28.6 Å². The molecule has 18 heavy (non-hydrogen) atoms. The van der Waals surface area contributed by atoms with Crippen molar-refractivity contribution >= 4 is 23.6 Å². The summed E-state index contributed by atoms with van der Waals surface area (Å²) >= 11 is 6.89. The molecule has 2 rings (SSSR count). The molecule has 0 aromatic carbocycles. The van der Waals surface area contributed by atoms with E-state index in [-0.39, 0.29) is 0 Å². The molecule has 0 saturated carbocycles. The van der Waals surface area contributed by atoms with Crippen molar-refractivity contribution in [1.29, 1.82) is 0 Å². The molecule has 0 radical (unpaired) electrons. The first-order valence-electron chi connectivity index (χ1n) is 5.85. The Morgan fingerprint density at radius 1 is 1.56 bits per heavy atom. The van der Waals surface area contributed by atoms with E-state index < -0.39 is 0 Å². The maximum atomic E-state index is 5.22. The summed E-state index contributed by atoms with van der Waals surface area (Å²) in [4.78, 5) is 5.44. The molecule has 2 aromatic heterocycles. The lowest BCUT2D eigenvalue weighted by atomic mass is 10.4. The molecule has 0 amide bonds. The van der Waals surface area contributed by atoms with E-state index in [1.54, 1.807) is 18.4 Å². The lowest BCUT2D eigenvalue weighted by Crippen LogP contribution is -2.05. The lowest BCUT2D eigenvalue weighted by Gasteiger charge is -2.03. The van der Waals surface area contributed by atoms with Gasteiger partial charge in [0.15, 0.2) is 10.6 Å². The zero-order chi connectivity index (χ0) is 13.0. The van der Waals surface area contributed by atoms with Gasteiger partial charge in [-0.15, -0.1) is 11.3 Å². The van der Waals surface area contributed by atoms with Gasteiger partial charge in [0.2, 0.25) is 0 Å². The van der Waals surface area contributed by atoms with Gasteiger partial charge in [-0.25, -0.2) is 4.98 Å². The highest BCUT2D eigenvalue weighted by Crippen LogP contribution is 2.25. The maximum absolute atomic E-state index is 5.22. The van der Waals surface area contributed by atoms with E-state index in [4.69, 9.17) is 17.0 Å².